The van der Waals surface area contributed by atoms with Gasteiger partial charge in [0, 0.05) is 0 Å². The lowest BCUT2D eigenvalue weighted by Gasteiger charge is -2.02. The Morgan fingerprint density at radius 3 is 2.54 bits per heavy atom. The molecule has 0 aromatic heterocycles. The lowest BCUT2D eigenvalue weighted by atomic mass is 10.2. The summed E-state index contributed by atoms with van der Waals surface area (Å²) in [6.45, 7) is 4.13. The lowest BCUT2D eigenvalue weighted by molar-refractivity contribution is -0.266. The summed E-state index contributed by atoms with van der Waals surface area (Å²) in [7, 11) is 0. The van der Waals surface area contributed by atoms with Gasteiger partial charge in [0.25, 0.3) is 0 Å². The van der Waals surface area contributed by atoms with Crippen LogP contribution < -0.4 is 0 Å². The molecule has 0 aliphatic rings. The van der Waals surface area contributed by atoms with Gasteiger partial charge in [-0.3, -0.25) is 5.26 Å². The average molecular weight is 184 g/mol. The highest BCUT2D eigenvalue weighted by Gasteiger charge is 1.97. The third-order valence-corrected chi connectivity index (χ3v) is 1.78. The number of rotatable bonds is 7. The third-order valence-electron chi connectivity index (χ3n) is 1.78. The van der Waals surface area contributed by atoms with E-state index in [4.69, 9.17) is 5.26 Å². The number of allylic oxidation sites excluding steroid dienone is 3. The van der Waals surface area contributed by atoms with Crippen molar-refractivity contribution in [2.75, 3.05) is 0 Å². The van der Waals surface area contributed by atoms with E-state index in [2.05, 4.69) is 24.0 Å². The monoisotopic (exact) mass is 184 g/mol. The highest BCUT2D eigenvalue weighted by atomic mass is 17.1. The molecule has 0 spiro atoms. The van der Waals surface area contributed by atoms with E-state index in [9.17, 15) is 0 Å². The molecule has 13 heavy (non-hydrogen) atoms. The maximum absolute atomic E-state index is 8.40. The van der Waals surface area contributed by atoms with Crippen molar-refractivity contribution in [2.45, 2.75) is 45.6 Å². The van der Waals surface area contributed by atoms with Gasteiger partial charge in [-0.15, -0.1) is 0 Å². The first-order chi connectivity index (χ1) is 6.35. The smallest absolute Gasteiger partial charge is 0.111 e. The molecular formula is C11H20O2. The highest BCUT2D eigenvalue weighted by Crippen LogP contribution is 1.99. The van der Waals surface area contributed by atoms with Crippen molar-refractivity contribution < 1.29 is 10.1 Å². The molecule has 2 heteroatoms. The molecule has 0 heterocycles. The quantitative estimate of drug-likeness (QED) is 0.372. The van der Waals surface area contributed by atoms with Crippen molar-refractivity contribution in [1.29, 1.82) is 0 Å². The third kappa shape index (κ3) is 7.75. The molecule has 0 aliphatic carbocycles. The van der Waals surface area contributed by atoms with Crippen LogP contribution in [0.3, 0.4) is 0 Å². The zero-order valence-corrected chi connectivity index (χ0v) is 8.57. The zero-order valence-electron chi connectivity index (χ0n) is 8.57. The maximum Gasteiger partial charge on any atom is 0.111 e. The van der Waals surface area contributed by atoms with Gasteiger partial charge in [-0.05, 0) is 19.3 Å². The Balaban J connectivity index is 3.49. The van der Waals surface area contributed by atoms with Crippen molar-refractivity contribution in [3.05, 3.63) is 24.3 Å². The van der Waals surface area contributed by atoms with Crippen molar-refractivity contribution in [1.82, 2.24) is 0 Å². The Hall–Kier alpha value is -0.600. The second kappa shape index (κ2) is 9.49. The predicted octanol–water partition coefficient (Wildman–Crippen LogP) is 3.56. The lowest BCUT2D eigenvalue weighted by Crippen LogP contribution is -2.04. The van der Waals surface area contributed by atoms with E-state index in [0.29, 0.717) is 0 Å². The van der Waals surface area contributed by atoms with E-state index in [0.717, 1.165) is 19.3 Å². The van der Waals surface area contributed by atoms with E-state index < -0.39 is 0 Å². The van der Waals surface area contributed by atoms with Gasteiger partial charge in [0.1, 0.15) is 6.10 Å². The minimum Gasteiger partial charge on any atom is -0.251 e. The van der Waals surface area contributed by atoms with Crippen LogP contribution in [-0.2, 0) is 4.89 Å². The molecule has 0 rings (SSSR count). The van der Waals surface area contributed by atoms with Crippen LogP contribution in [0.25, 0.3) is 0 Å². The Morgan fingerprint density at radius 1 is 1.23 bits per heavy atom. The highest BCUT2D eigenvalue weighted by molar-refractivity contribution is 4.95. The Labute approximate surface area is 80.8 Å². The van der Waals surface area contributed by atoms with E-state index in [-0.39, 0.29) is 6.10 Å². The Morgan fingerprint density at radius 2 is 2.00 bits per heavy atom. The SMILES string of the molecule is CCC/C=C\C/C=C\C(CC)OO. The normalized spacial score (nSPS) is 14.4. The fraction of sp³-hybridized carbons (Fsp3) is 0.636. The van der Waals surface area contributed by atoms with Gasteiger partial charge >= 0.3 is 0 Å². The van der Waals surface area contributed by atoms with Crippen LogP contribution in [0.2, 0.25) is 0 Å². The fourth-order valence-electron chi connectivity index (χ4n) is 0.935. The van der Waals surface area contributed by atoms with Crippen LogP contribution in [0, 0.1) is 0 Å². The summed E-state index contributed by atoms with van der Waals surface area (Å²) in [5, 5.41) is 8.40. The van der Waals surface area contributed by atoms with Crippen LogP contribution in [0.15, 0.2) is 24.3 Å². The minimum absolute atomic E-state index is 0.153. The van der Waals surface area contributed by atoms with E-state index in [1.54, 1.807) is 0 Å². The molecule has 1 atom stereocenters. The summed E-state index contributed by atoms with van der Waals surface area (Å²) in [6.07, 6.45) is 12.1. The summed E-state index contributed by atoms with van der Waals surface area (Å²) in [4.78, 5) is 4.22. The second-order valence-corrected chi connectivity index (χ2v) is 2.98. The molecule has 0 amide bonds. The predicted molar refractivity (Wildman–Crippen MR) is 55.6 cm³/mol. The van der Waals surface area contributed by atoms with Gasteiger partial charge in [0.05, 0.1) is 0 Å². The minimum atomic E-state index is -0.153. The molecule has 0 saturated heterocycles. The molecule has 76 valence electrons. The molecule has 0 radical (unpaired) electrons. The van der Waals surface area contributed by atoms with Gasteiger partial charge in [0.15, 0.2) is 0 Å². The first-order valence-electron chi connectivity index (χ1n) is 4.97. The van der Waals surface area contributed by atoms with E-state index >= 15 is 0 Å². The molecule has 0 aliphatic heterocycles. The van der Waals surface area contributed by atoms with Gasteiger partial charge in [0.2, 0.25) is 0 Å². The van der Waals surface area contributed by atoms with Crippen LogP contribution in [0.1, 0.15) is 39.5 Å². The van der Waals surface area contributed by atoms with Crippen molar-refractivity contribution in [3.8, 4) is 0 Å². The standard InChI is InChI=1S/C11H20O2/c1-3-5-6-7-8-9-10-11(4-2)13-12/h6-7,9-12H,3-5,8H2,1-2H3/b7-6-,10-9-. The molecule has 0 aromatic carbocycles. The molecule has 1 unspecified atom stereocenters. The largest absolute Gasteiger partial charge is 0.251 e. The molecule has 0 bridgehead atoms. The van der Waals surface area contributed by atoms with Crippen molar-refractivity contribution in [3.63, 3.8) is 0 Å². The number of hydrogen-bond donors (Lipinski definition) is 1. The number of unbranched alkanes of at least 4 members (excludes halogenated alkanes) is 1. The molecular weight excluding hydrogens is 164 g/mol. The van der Waals surface area contributed by atoms with E-state index in [1.165, 1.54) is 6.42 Å². The molecule has 0 saturated carbocycles. The molecule has 2 nitrogen and oxygen atoms in total. The van der Waals surface area contributed by atoms with Gasteiger partial charge < -0.3 is 0 Å². The first kappa shape index (κ1) is 12.4. The van der Waals surface area contributed by atoms with Gasteiger partial charge in [-0.2, -0.15) is 0 Å². The van der Waals surface area contributed by atoms with E-state index in [1.807, 2.05) is 19.1 Å². The van der Waals surface area contributed by atoms with Crippen molar-refractivity contribution in [2.24, 2.45) is 0 Å². The summed E-state index contributed by atoms with van der Waals surface area (Å²) >= 11 is 0. The zero-order chi connectivity index (χ0) is 9.94. The van der Waals surface area contributed by atoms with Crippen LogP contribution in [-0.4, -0.2) is 11.4 Å². The first-order valence-corrected chi connectivity index (χ1v) is 4.97. The Kier molecular flexibility index (Phi) is 9.05. The number of hydrogen-bond acceptors (Lipinski definition) is 2. The fourth-order valence-corrected chi connectivity index (χ4v) is 0.935. The molecule has 0 aromatic rings. The summed E-state index contributed by atoms with van der Waals surface area (Å²) in [5.74, 6) is 0. The summed E-state index contributed by atoms with van der Waals surface area (Å²) < 4.78 is 0. The van der Waals surface area contributed by atoms with Gasteiger partial charge in [-0.25, -0.2) is 4.89 Å². The van der Waals surface area contributed by atoms with Crippen LogP contribution in [0.4, 0.5) is 0 Å². The van der Waals surface area contributed by atoms with Crippen molar-refractivity contribution >= 4 is 0 Å². The van der Waals surface area contributed by atoms with Crippen LogP contribution >= 0.6 is 0 Å². The van der Waals surface area contributed by atoms with Gasteiger partial charge in [-0.1, -0.05) is 44.6 Å². The Bertz CT molecular complexity index is 146. The summed E-state index contributed by atoms with van der Waals surface area (Å²) in [6, 6.07) is 0. The molecule has 1 N–H and O–H groups in total. The van der Waals surface area contributed by atoms with Crippen LogP contribution in [0.5, 0.6) is 0 Å². The average Bonchev–Trinajstić information content (AvgIpc) is 2.17. The topological polar surface area (TPSA) is 29.5 Å². The summed E-state index contributed by atoms with van der Waals surface area (Å²) in [5.41, 5.74) is 0. The second-order valence-electron chi connectivity index (χ2n) is 2.98. The molecule has 0 fully saturated rings. The maximum atomic E-state index is 8.40.